The van der Waals surface area contributed by atoms with Gasteiger partial charge >= 0.3 is 17.1 Å². The summed E-state index contributed by atoms with van der Waals surface area (Å²) in [5, 5.41) is 26.9. The van der Waals surface area contributed by atoms with Gasteiger partial charge < -0.3 is 37.6 Å². The number of carbonyl (C=O) groups excluding carboxylic acids is 2. The summed E-state index contributed by atoms with van der Waals surface area (Å²) in [4.78, 5) is 64.8. The van der Waals surface area contributed by atoms with Gasteiger partial charge in [-0.3, -0.25) is 14.5 Å². The lowest BCUT2D eigenvalue weighted by atomic mass is 10.0. The Labute approximate surface area is 257 Å². The van der Waals surface area contributed by atoms with Gasteiger partial charge in [-0.05, 0) is 31.2 Å². The number of carboxylic acids is 2. The second-order valence-electron chi connectivity index (χ2n) is 9.61. The van der Waals surface area contributed by atoms with Crippen molar-refractivity contribution in [3.05, 3.63) is 41.1 Å². The molecule has 0 aliphatic carbocycles. The van der Waals surface area contributed by atoms with Crippen LogP contribution in [0, 0.1) is 0 Å². The van der Waals surface area contributed by atoms with Crippen LogP contribution in [0.25, 0.3) is 0 Å². The molecular formula is C24H28N9O7S3+. The number of rotatable bonds is 12. The molecule has 0 aromatic carbocycles. The van der Waals surface area contributed by atoms with Crippen molar-refractivity contribution in [1.29, 1.82) is 0 Å². The zero-order valence-electron chi connectivity index (χ0n) is 22.8. The molecule has 228 valence electrons. The molecule has 2 unspecified atom stereocenters. The number of oxime groups is 1. The number of thiazole rings is 1. The fourth-order valence-electron chi connectivity index (χ4n) is 3.92. The van der Waals surface area contributed by atoms with Gasteiger partial charge in [-0.25, -0.2) is 19.1 Å². The first-order valence-electron chi connectivity index (χ1n) is 12.4. The van der Waals surface area contributed by atoms with Crippen molar-refractivity contribution >= 4 is 81.1 Å². The summed E-state index contributed by atoms with van der Waals surface area (Å²) in [5.41, 5.74) is 15.7. The Morgan fingerprint density at radius 1 is 1.33 bits per heavy atom. The Balaban J connectivity index is 1.54. The van der Waals surface area contributed by atoms with Crippen LogP contribution in [0.5, 0.6) is 0 Å². The zero-order chi connectivity index (χ0) is 31.6. The Hall–Kier alpha value is -4.36. The summed E-state index contributed by atoms with van der Waals surface area (Å²) in [6, 6.07) is 0.405. The molecule has 2 aliphatic heterocycles. The fraction of sp³-hybridized carbons (Fsp3) is 0.333. The molecule has 2 aromatic rings. The van der Waals surface area contributed by atoms with E-state index in [0.717, 1.165) is 16.2 Å². The predicted octanol–water partition coefficient (Wildman–Crippen LogP) is -0.127. The van der Waals surface area contributed by atoms with E-state index in [0.29, 0.717) is 23.1 Å². The third kappa shape index (κ3) is 6.52. The number of nitrogens with zero attached hydrogens (tertiary/aromatic N) is 5. The van der Waals surface area contributed by atoms with Gasteiger partial charge in [0.1, 0.15) is 22.8 Å². The van der Waals surface area contributed by atoms with Crippen LogP contribution in [0.4, 0.5) is 16.8 Å². The largest absolute Gasteiger partial charge is 0.478 e. The first kappa shape index (κ1) is 31.6. The van der Waals surface area contributed by atoms with Crippen molar-refractivity contribution in [1.82, 2.24) is 20.2 Å². The van der Waals surface area contributed by atoms with E-state index in [1.807, 2.05) is 0 Å². The minimum atomic E-state index is -1.78. The Bertz CT molecular complexity index is 1570. The molecule has 2 aliphatic rings. The molecule has 4 heterocycles. The number of nitrogen functional groups attached to an aromatic ring is 3. The van der Waals surface area contributed by atoms with E-state index in [1.165, 1.54) is 48.8 Å². The summed E-state index contributed by atoms with van der Waals surface area (Å²) in [7, 11) is 0. The van der Waals surface area contributed by atoms with Gasteiger partial charge in [0, 0.05) is 16.9 Å². The lowest BCUT2D eigenvalue weighted by Gasteiger charge is -2.49. The molecule has 9 N–H and O–H groups in total. The van der Waals surface area contributed by atoms with E-state index in [-0.39, 0.29) is 33.8 Å². The summed E-state index contributed by atoms with van der Waals surface area (Å²) in [6.45, 7) is 6.54. The van der Waals surface area contributed by atoms with Crippen LogP contribution in [0.15, 0.2) is 45.7 Å². The summed E-state index contributed by atoms with van der Waals surface area (Å²) < 4.78 is 1.67. The number of hydrogen-bond donors (Lipinski definition) is 6. The first-order valence-corrected chi connectivity index (χ1v) is 15.3. The Morgan fingerprint density at radius 2 is 2.05 bits per heavy atom. The molecule has 2 amide bonds. The van der Waals surface area contributed by atoms with Gasteiger partial charge in [-0.1, -0.05) is 22.8 Å². The second kappa shape index (κ2) is 12.5. The molecule has 16 nitrogen and oxygen atoms in total. The summed E-state index contributed by atoms with van der Waals surface area (Å²) in [6.07, 6.45) is 1.63. The van der Waals surface area contributed by atoms with E-state index < -0.39 is 46.5 Å². The number of allylic oxidation sites excluding steroid dienone is 1. The average Bonchev–Trinajstić information content (AvgIpc) is 3.36. The van der Waals surface area contributed by atoms with Gasteiger partial charge in [0.25, 0.3) is 11.8 Å². The maximum Gasteiger partial charge on any atom is 0.352 e. The number of fused-ring (bicyclic) bond motifs is 1. The average molecular weight is 651 g/mol. The van der Waals surface area contributed by atoms with Crippen LogP contribution in [-0.2, 0) is 30.6 Å². The van der Waals surface area contributed by atoms with Crippen molar-refractivity contribution in [2.45, 2.75) is 42.6 Å². The zero-order valence-corrected chi connectivity index (χ0v) is 25.3. The highest BCUT2D eigenvalue weighted by Gasteiger charge is 2.54. The number of thioether (sulfide) groups is 2. The monoisotopic (exact) mass is 650 g/mol. The van der Waals surface area contributed by atoms with E-state index in [4.69, 9.17) is 22.0 Å². The van der Waals surface area contributed by atoms with Crippen LogP contribution in [0.2, 0.25) is 0 Å². The number of aromatic nitrogens is 3. The van der Waals surface area contributed by atoms with Gasteiger partial charge in [0.05, 0.1) is 12.6 Å². The van der Waals surface area contributed by atoms with Crippen molar-refractivity contribution in [3.63, 3.8) is 0 Å². The minimum absolute atomic E-state index is 0.0102. The van der Waals surface area contributed by atoms with Crippen molar-refractivity contribution < 1.29 is 38.8 Å². The number of amides is 2. The molecule has 0 radical (unpaired) electrons. The Morgan fingerprint density at radius 3 is 2.65 bits per heavy atom. The predicted molar refractivity (Wildman–Crippen MR) is 160 cm³/mol. The van der Waals surface area contributed by atoms with Gasteiger partial charge in [0.2, 0.25) is 17.2 Å². The first-order chi connectivity index (χ1) is 20.2. The van der Waals surface area contributed by atoms with Crippen LogP contribution in [0.1, 0.15) is 19.5 Å². The molecule has 2 atom stereocenters. The fourth-order valence-corrected chi connectivity index (χ4v) is 6.99. The maximum atomic E-state index is 13.2. The molecule has 0 spiro atoms. The highest BCUT2D eigenvalue weighted by atomic mass is 32.2. The van der Waals surface area contributed by atoms with Crippen LogP contribution < -0.4 is 27.1 Å². The van der Waals surface area contributed by atoms with E-state index >= 15 is 0 Å². The SMILES string of the molecule is C=CC[n+]1c(N)cc(N)nc1SCC1=C(C(=O)O)N2C(=O)C(NC(=O)/C(=N\OC(C)(C)C(=O)O)c3csc(N)n3)C2SC1. The third-order valence-corrected chi connectivity index (χ3v) is 9.22. The van der Waals surface area contributed by atoms with Gasteiger partial charge in [0.15, 0.2) is 10.8 Å². The topological polar surface area (TPSA) is 253 Å². The molecule has 0 bridgehead atoms. The van der Waals surface area contributed by atoms with E-state index in [9.17, 15) is 29.4 Å². The number of carbonyl (C=O) groups is 4. The molecule has 4 rings (SSSR count). The van der Waals surface area contributed by atoms with Gasteiger partial charge in [-0.2, -0.15) is 0 Å². The smallest absolute Gasteiger partial charge is 0.352 e. The highest BCUT2D eigenvalue weighted by molar-refractivity contribution is 8.01. The lowest BCUT2D eigenvalue weighted by molar-refractivity contribution is -0.713. The van der Waals surface area contributed by atoms with E-state index in [2.05, 4.69) is 27.0 Å². The lowest BCUT2D eigenvalue weighted by Crippen LogP contribution is -2.71. The Kier molecular flexibility index (Phi) is 9.16. The second-order valence-corrected chi connectivity index (χ2v) is 12.5. The van der Waals surface area contributed by atoms with Gasteiger partial charge in [-0.15, -0.1) is 23.1 Å². The van der Waals surface area contributed by atoms with Crippen LogP contribution in [0.3, 0.4) is 0 Å². The molecule has 1 saturated heterocycles. The van der Waals surface area contributed by atoms with Crippen LogP contribution in [-0.4, -0.2) is 83.1 Å². The van der Waals surface area contributed by atoms with Crippen LogP contribution >= 0.6 is 34.9 Å². The maximum absolute atomic E-state index is 13.2. The number of nitrogens with one attached hydrogen (secondary N) is 1. The number of aliphatic carboxylic acids is 2. The highest BCUT2D eigenvalue weighted by Crippen LogP contribution is 2.41. The summed E-state index contributed by atoms with van der Waals surface area (Å²) >= 11 is 3.49. The third-order valence-electron chi connectivity index (χ3n) is 6.15. The molecule has 19 heteroatoms. The molecular weight excluding hydrogens is 623 g/mol. The quantitative estimate of drug-likeness (QED) is 0.0333. The number of anilines is 3. The number of carboxylic acid groups (broad SMARTS) is 2. The number of hydrogen-bond acceptors (Lipinski definition) is 14. The molecule has 1 fully saturated rings. The number of β-lactam (4-membered cyclic amide) rings is 1. The van der Waals surface area contributed by atoms with Crippen molar-refractivity contribution in [3.8, 4) is 0 Å². The molecule has 2 aromatic heterocycles. The normalized spacial score (nSPS) is 18.5. The van der Waals surface area contributed by atoms with E-state index in [1.54, 1.807) is 10.6 Å². The molecule has 43 heavy (non-hydrogen) atoms. The minimum Gasteiger partial charge on any atom is -0.478 e. The van der Waals surface area contributed by atoms with Crippen molar-refractivity contribution in [2.24, 2.45) is 5.16 Å². The molecule has 0 saturated carbocycles. The summed E-state index contributed by atoms with van der Waals surface area (Å²) in [5.74, 6) is -3.19. The standard InChI is InChI=1S/C24H27N9O7S3/c1-4-5-32-13(26)6-12(25)29-23(32)43-8-10-7-41-19-15(18(35)33(19)16(10)20(36)37)30-17(34)14(11-9-42-22(27)28-11)31-40-24(2,3)21(38)39/h4,6,9,15,19H,1,5,7-8H2,2-3H3,(H8,25,26,27,28,30,34,36,37,38,39)/p+1/b31-14-. The number of nitrogens with two attached hydrogens (primary N) is 3. The van der Waals surface area contributed by atoms with Crippen molar-refractivity contribution in [2.75, 3.05) is 28.7 Å².